The van der Waals surface area contributed by atoms with Crippen LogP contribution in [0.4, 0.5) is 0 Å². The van der Waals surface area contributed by atoms with E-state index in [2.05, 4.69) is 24.1 Å². The summed E-state index contributed by atoms with van der Waals surface area (Å²) in [7, 11) is 1.50. The smallest absolute Gasteiger partial charge is 0.326 e. The van der Waals surface area contributed by atoms with Crippen molar-refractivity contribution in [2.24, 2.45) is 0 Å². The first kappa shape index (κ1) is 15.8. The molecule has 3 unspecified atom stereocenters. The molecule has 0 aromatic carbocycles. The standard InChI is InChI=1S/C16H30N2O2/c1-4-13-8-6-7-11-18(13)14-9-10-16(12-14,17-5-2)15(19)20-3/h13-14,17H,4-12H2,1-3H3. The highest BCUT2D eigenvalue weighted by atomic mass is 16.5. The summed E-state index contributed by atoms with van der Waals surface area (Å²) in [5.41, 5.74) is -0.441. The van der Waals surface area contributed by atoms with E-state index in [1.54, 1.807) is 0 Å². The first-order chi connectivity index (χ1) is 9.66. The molecule has 1 aliphatic heterocycles. The molecule has 1 N–H and O–H groups in total. The van der Waals surface area contributed by atoms with E-state index in [1.807, 2.05) is 0 Å². The van der Waals surface area contributed by atoms with Crippen molar-refractivity contribution in [3.05, 3.63) is 0 Å². The Morgan fingerprint density at radius 3 is 2.80 bits per heavy atom. The fraction of sp³-hybridized carbons (Fsp3) is 0.938. The van der Waals surface area contributed by atoms with Gasteiger partial charge in [0.1, 0.15) is 5.54 Å². The Kier molecular flexibility index (Phi) is 5.44. The minimum atomic E-state index is -0.441. The van der Waals surface area contributed by atoms with Crippen LogP contribution in [0.15, 0.2) is 0 Å². The maximum absolute atomic E-state index is 12.2. The van der Waals surface area contributed by atoms with Crippen molar-refractivity contribution < 1.29 is 9.53 Å². The number of likely N-dealkylation sites (tertiary alicyclic amines) is 1. The van der Waals surface area contributed by atoms with Gasteiger partial charge in [0.2, 0.25) is 0 Å². The topological polar surface area (TPSA) is 41.6 Å². The van der Waals surface area contributed by atoms with E-state index in [0.717, 1.165) is 25.8 Å². The molecule has 1 aliphatic carbocycles. The number of hydrogen-bond acceptors (Lipinski definition) is 4. The van der Waals surface area contributed by atoms with E-state index in [-0.39, 0.29) is 5.97 Å². The Morgan fingerprint density at radius 1 is 1.35 bits per heavy atom. The van der Waals surface area contributed by atoms with Crippen LogP contribution in [0.5, 0.6) is 0 Å². The van der Waals surface area contributed by atoms with Crippen molar-refractivity contribution in [2.75, 3.05) is 20.2 Å². The molecule has 2 rings (SSSR count). The molecule has 0 bridgehead atoms. The van der Waals surface area contributed by atoms with Crippen LogP contribution in [0.25, 0.3) is 0 Å². The van der Waals surface area contributed by atoms with Gasteiger partial charge in [-0.05, 0) is 51.6 Å². The summed E-state index contributed by atoms with van der Waals surface area (Å²) < 4.78 is 5.06. The molecule has 116 valence electrons. The normalized spacial score (nSPS) is 35.1. The van der Waals surface area contributed by atoms with Crippen LogP contribution in [0.3, 0.4) is 0 Å². The van der Waals surface area contributed by atoms with E-state index in [0.29, 0.717) is 12.1 Å². The van der Waals surface area contributed by atoms with Gasteiger partial charge in [-0.3, -0.25) is 9.69 Å². The van der Waals surface area contributed by atoms with Crippen molar-refractivity contribution in [3.63, 3.8) is 0 Å². The highest BCUT2D eigenvalue weighted by molar-refractivity contribution is 5.81. The molecule has 1 saturated carbocycles. The number of likely N-dealkylation sites (N-methyl/N-ethyl adjacent to an activating group) is 1. The summed E-state index contributed by atoms with van der Waals surface area (Å²) in [6.07, 6.45) is 8.13. The number of esters is 1. The highest BCUT2D eigenvalue weighted by Gasteiger charge is 2.48. The predicted molar refractivity (Wildman–Crippen MR) is 80.7 cm³/mol. The van der Waals surface area contributed by atoms with Crippen LogP contribution in [0.1, 0.15) is 58.8 Å². The molecule has 1 heterocycles. The quantitative estimate of drug-likeness (QED) is 0.786. The fourth-order valence-electron chi connectivity index (χ4n) is 4.20. The van der Waals surface area contributed by atoms with Gasteiger partial charge in [0, 0.05) is 12.1 Å². The first-order valence-corrected chi connectivity index (χ1v) is 8.26. The third kappa shape index (κ3) is 3.01. The lowest BCUT2D eigenvalue weighted by Crippen LogP contribution is -2.53. The summed E-state index contributed by atoms with van der Waals surface area (Å²) in [6.45, 7) is 6.37. The maximum Gasteiger partial charge on any atom is 0.326 e. The SMILES string of the molecule is CCNC1(C(=O)OC)CCC(N2CCCCC2CC)C1. The van der Waals surface area contributed by atoms with Gasteiger partial charge in [0.15, 0.2) is 0 Å². The lowest BCUT2D eigenvalue weighted by Gasteiger charge is -2.40. The van der Waals surface area contributed by atoms with E-state index in [4.69, 9.17) is 4.74 Å². The van der Waals surface area contributed by atoms with E-state index in [1.165, 1.54) is 39.3 Å². The number of ether oxygens (including phenoxy) is 1. The second-order valence-corrected chi connectivity index (χ2v) is 6.30. The predicted octanol–water partition coefficient (Wildman–Crippen LogP) is 2.32. The number of hydrogen-bond donors (Lipinski definition) is 1. The molecule has 0 aromatic heterocycles. The summed E-state index contributed by atoms with van der Waals surface area (Å²) in [5, 5.41) is 3.41. The monoisotopic (exact) mass is 282 g/mol. The Labute approximate surface area is 123 Å². The van der Waals surface area contributed by atoms with Gasteiger partial charge in [0.25, 0.3) is 0 Å². The molecule has 4 heteroatoms. The van der Waals surface area contributed by atoms with Crippen molar-refractivity contribution in [3.8, 4) is 0 Å². The Bertz CT molecular complexity index is 334. The minimum absolute atomic E-state index is 0.0769. The van der Waals surface area contributed by atoms with Crippen molar-refractivity contribution in [1.29, 1.82) is 0 Å². The molecule has 0 amide bonds. The number of rotatable bonds is 5. The highest BCUT2D eigenvalue weighted by Crippen LogP contribution is 2.37. The first-order valence-electron chi connectivity index (χ1n) is 8.26. The molecule has 20 heavy (non-hydrogen) atoms. The van der Waals surface area contributed by atoms with Crippen LogP contribution in [0, 0.1) is 0 Å². The van der Waals surface area contributed by atoms with E-state index < -0.39 is 5.54 Å². The summed E-state index contributed by atoms with van der Waals surface area (Å²) >= 11 is 0. The molecule has 4 nitrogen and oxygen atoms in total. The van der Waals surface area contributed by atoms with Crippen LogP contribution in [0.2, 0.25) is 0 Å². The molecular formula is C16H30N2O2. The van der Waals surface area contributed by atoms with Gasteiger partial charge in [-0.15, -0.1) is 0 Å². The average Bonchev–Trinajstić information content (AvgIpc) is 2.92. The minimum Gasteiger partial charge on any atom is -0.468 e. The van der Waals surface area contributed by atoms with Crippen LogP contribution >= 0.6 is 0 Å². The zero-order chi connectivity index (χ0) is 14.6. The molecule has 0 radical (unpaired) electrons. The number of carbonyl (C=O) groups excluding carboxylic acids is 1. The molecule has 1 saturated heterocycles. The maximum atomic E-state index is 12.2. The van der Waals surface area contributed by atoms with E-state index >= 15 is 0 Å². The van der Waals surface area contributed by atoms with Crippen molar-refractivity contribution in [2.45, 2.75) is 76.4 Å². The van der Waals surface area contributed by atoms with Crippen LogP contribution < -0.4 is 5.32 Å². The number of methoxy groups -OCH3 is 1. The Morgan fingerprint density at radius 2 is 2.15 bits per heavy atom. The van der Waals surface area contributed by atoms with Crippen LogP contribution in [-0.2, 0) is 9.53 Å². The fourth-order valence-corrected chi connectivity index (χ4v) is 4.20. The summed E-state index contributed by atoms with van der Waals surface area (Å²) in [4.78, 5) is 14.9. The molecular weight excluding hydrogens is 252 g/mol. The second kappa shape index (κ2) is 6.90. The largest absolute Gasteiger partial charge is 0.468 e. The number of nitrogens with zero attached hydrogens (tertiary/aromatic N) is 1. The Hall–Kier alpha value is -0.610. The third-order valence-electron chi connectivity index (χ3n) is 5.19. The van der Waals surface area contributed by atoms with Gasteiger partial charge in [-0.25, -0.2) is 0 Å². The summed E-state index contributed by atoms with van der Waals surface area (Å²) in [5.74, 6) is -0.0769. The van der Waals surface area contributed by atoms with Crippen molar-refractivity contribution in [1.82, 2.24) is 10.2 Å². The molecule has 2 fully saturated rings. The van der Waals surface area contributed by atoms with Gasteiger partial charge >= 0.3 is 5.97 Å². The van der Waals surface area contributed by atoms with Crippen molar-refractivity contribution >= 4 is 5.97 Å². The number of piperidine rings is 1. The van der Waals surface area contributed by atoms with Gasteiger partial charge in [-0.1, -0.05) is 20.3 Å². The van der Waals surface area contributed by atoms with Crippen LogP contribution in [-0.4, -0.2) is 48.7 Å². The molecule has 3 atom stereocenters. The van der Waals surface area contributed by atoms with E-state index in [9.17, 15) is 4.79 Å². The second-order valence-electron chi connectivity index (χ2n) is 6.30. The number of carbonyl (C=O) groups is 1. The summed E-state index contributed by atoms with van der Waals surface area (Å²) in [6, 6.07) is 1.25. The number of nitrogens with one attached hydrogen (secondary N) is 1. The van der Waals surface area contributed by atoms with Gasteiger partial charge in [-0.2, -0.15) is 0 Å². The lowest BCUT2D eigenvalue weighted by atomic mass is 9.94. The molecule has 0 spiro atoms. The van der Waals surface area contributed by atoms with Gasteiger partial charge in [0.05, 0.1) is 7.11 Å². The lowest BCUT2D eigenvalue weighted by molar-refractivity contribution is -0.148. The molecule has 2 aliphatic rings. The molecule has 0 aromatic rings. The third-order valence-corrected chi connectivity index (χ3v) is 5.19. The zero-order valence-electron chi connectivity index (χ0n) is 13.3. The Balaban J connectivity index is 2.07. The zero-order valence-corrected chi connectivity index (χ0v) is 13.3. The average molecular weight is 282 g/mol. The van der Waals surface area contributed by atoms with Gasteiger partial charge < -0.3 is 10.1 Å².